The molecule has 121 heavy (non-hydrogen) atoms. The Bertz CT molecular complexity index is 8510. The fourth-order valence-electron chi connectivity index (χ4n) is 19.0. The van der Waals surface area contributed by atoms with Crippen LogP contribution >= 0.6 is 0 Å². The van der Waals surface area contributed by atoms with Gasteiger partial charge in [0.15, 0.2) is 0 Å². The van der Waals surface area contributed by atoms with E-state index in [-0.39, 0.29) is 29.7 Å². The van der Waals surface area contributed by atoms with Crippen LogP contribution in [0.15, 0.2) is 462 Å². The summed E-state index contributed by atoms with van der Waals surface area (Å²) >= 11 is 0. The topological polar surface area (TPSA) is 39.4 Å². The Kier molecular flexibility index (Phi) is 16.0. The maximum atomic E-state index is 8.62. The van der Waals surface area contributed by atoms with E-state index >= 15 is 0 Å². The molecular weight excluding hydrogens is 1470 g/mol. The van der Waals surface area contributed by atoms with Gasteiger partial charge < -0.3 is 13.3 Å². The standard InChI is InChI=1S/C42H26O.2C38H24O/c1-2-12-28(13-3-1)40-33-15-6-8-17-35(33)41(36-18-9-7-16-34(36)40)31-23-24-39-38(26-31)37-20-10-19-32(42(37)43-39)30-22-21-27-11-4-5-14-29(27)25-30;1-3-13-25(14-4-1)27-21-11-23-33-37-32(22-12-24-34(37)39-38(27)33)36-30-19-9-7-17-28(30)35(26-15-5-2-6-16-26)29-18-8-10-20-31(29)36;1-3-12-25(13-4-1)28-20-11-21-33-34-24-27(22-23-35(34)39-38(28)33)37-31-18-9-7-16-29(31)36(26-14-5-2-6-15-26)30-17-8-10-19-32(30)37/h1-26H;2*1-24H/i;1D,3D,4D,13D,14D;. The molecule has 564 valence electrons. The molecule has 3 heteroatoms. The van der Waals surface area contributed by atoms with Crippen molar-refractivity contribution in [3.8, 4) is 100 Å². The Morgan fingerprint density at radius 1 is 0.157 bits per heavy atom. The lowest BCUT2D eigenvalue weighted by Gasteiger charge is -2.18. The third-order valence-corrected chi connectivity index (χ3v) is 24.3. The van der Waals surface area contributed by atoms with Gasteiger partial charge in [-0.1, -0.05) is 412 Å². The molecule has 0 atom stereocenters. The fourth-order valence-corrected chi connectivity index (χ4v) is 19.0. The number of para-hydroxylation sites is 3. The van der Waals surface area contributed by atoms with Crippen molar-refractivity contribution in [2.24, 2.45) is 0 Å². The van der Waals surface area contributed by atoms with Crippen LogP contribution in [0.5, 0.6) is 0 Å². The molecule has 3 heterocycles. The van der Waals surface area contributed by atoms with Gasteiger partial charge in [0.05, 0.1) is 6.85 Å². The van der Waals surface area contributed by atoms with Gasteiger partial charge in [0, 0.05) is 49.0 Å². The van der Waals surface area contributed by atoms with Crippen molar-refractivity contribution in [3.63, 3.8) is 0 Å². The normalized spacial score (nSPS) is 12.2. The highest BCUT2D eigenvalue weighted by Gasteiger charge is 2.25. The molecule has 0 bridgehead atoms. The maximum Gasteiger partial charge on any atom is 0.143 e. The van der Waals surface area contributed by atoms with Crippen molar-refractivity contribution in [2.75, 3.05) is 0 Å². The Balaban J connectivity index is 0.000000109. The van der Waals surface area contributed by atoms with Gasteiger partial charge in [-0.25, -0.2) is 0 Å². The van der Waals surface area contributed by atoms with Gasteiger partial charge in [0.1, 0.15) is 33.5 Å². The predicted octanol–water partition coefficient (Wildman–Crippen LogP) is 33.8. The minimum absolute atomic E-state index is 0.130. The van der Waals surface area contributed by atoms with E-state index in [1.165, 1.54) is 104 Å². The highest BCUT2D eigenvalue weighted by Crippen LogP contribution is 2.52. The molecule has 3 nitrogen and oxygen atoms in total. The summed E-state index contributed by atoms with van der Waals surface area (Å²) in [5.74, 6) is 0. The van der Waals surface area contributed by atoms with Crippen molar-refractivity contribution in [2.45, 2.75) is 0 Å². The largest absolute Gasteiger partial charge is 0.455 e. The second-order valence-corrected chi connectivity index (χ2v) is 31.0. The highest BCUT2D eigenvalue weighted by atomic mass is 16.3. The van der Waals surface area contributed by atoms with E-state index in [9.17, 15) is 0 Å². The Labute approximate surface area is 705 Å². The smallest absolute Gasteiger partial charge is 0.143 e. The van der Waals surface area contributed by atoms with Crippen LogP contribution < -0.4 is 0 Å². The molecule has 0 radical (unpaired) electrons. The monoisotopic (exact) mass is 1540 g/mol. The average Bonchev–Trinajstić information content (AvgIpc) is 1.28. The van der Waals surface area contributed by atoms with Crippen LogP contribution in [-0.2, 0) is 0 Å². The van der Waals surface area contributed by atoms with Gasteiger partial charge in [0.2, 0.25) is 0 Å². The van der Waals surface area contributed by atoms with Crippen LogP contribution in [0.1, 0.15) is 6.85 Å². The summed E-state index contributed by atoms with van der Waals surface area (Å²) in [4.78, 5) is 0. The van der Waals surface area contributed by atoms with Gasteiger partial charge >= 0.3 is 0 Å². The minimum Gasteiger partial charge on any atom is -0.455 e. The van der Waals surface area contributed by atoms with Crippen LogP contribution in [0.3, 0.4) is 0 Å². The van der Waals surface area contributed by atoms with Crippen LogP contribution in [0, 0.1) is 0 Å². The lowest BCUT2D eigenvalue weighted by atomic mass is 9.85. The number of rotatable bonds is 9. The van der Waals surface area contributed by atoms with Crippen molar-refractivity contribution in [3.05, 3.63) is 449 Å². The van der Waals surface area contributed by atoms with Crippen LogP contribution in [-0.4, -0.2) is 0 Å². The molecule has 0 saturated heterocycles. The molecule has 0 aliphatic carbocycles. The van der Waals surface area contributed by atoms with Gasteiger partial charge in [0.25, 0.3) is 0 Å². The first-order valence-corrected chi connectivity index (χ1v) is 41.1. The minimum atomic E-state index is -0.416. The zero-order valence-corrected chi connectivity index (χ0v) is 65.6. The number of hydrogen-bond donors (Lipinski definition) is 0. The fraction of sp³-hybridized carbons (Fsp3) is 0. The van der Waals surface area contributed by atoms with Gasteiger partial charge in [-0.3, -0.25) is 0 Å². The summed E-state index contributed by atoms with van der Waals surface area (Å²) < 4.78 is 61.3. The summed E-state index contributed by atoms with van der Waals surface area (Å²) in [6.07, 6.45) is 0. The molecule has 25 aromatic rings. The molecule has 0 fully saturated rings. The molecule has 0 saturated carbocycles. The number of furan rings is 3. The number of benzene rings is 22. The molecular formula is C118H74O3. The summed E-state index contributed by atoms with van der Waals surface area (Å²) in [5, 5.41) is 23.4. The van der Waals surface area contributed by atoms with E-state index in [0.29, 0.717) is 16.7 Å². The summed E-state index contributed by atoms with van der Waals surface area (Å²) in [7, 11) is 0. The molecule has 22 aromatic carbocycles. The zero-order chi connectivity index (χ0) is 84.2. The summed E-state index contributed by atoms with van der Waals surface area (Å²) in [5.41, 5.74) is 24.4. The van der Waals surface area contributed by atoms with Crippen LogP contribution in [0.2, 0.25) is 0 Å². The van der Waals surface area contributed by atoms with E-state index in [2.05, 4.69) is 376 Å². The first-order chi connectivity index (χ1) is 62.1. The molecule has 0 spiro atoms. The molecule has 0 unspecified atom stereocenters. The van der Waals surface area contributed by atoms with Crippen LogP contribution in [0.4, 0.5) is 0 Å². The quantitative estimate of drug-likeness (QED) is 0.135. The second-order valence-electron chi connectivity index (χ2n) is 31.0. The zero-order valence-electron chi connectivity index (χ0n) is 70.6. The summed E-state index contributed by atoms with van der Waals surface area (Å²) in [6.45, 7) is 0. The van der Waals surface area contributed by atoms with Crippen molar-refractivity contribution in [1.29, 1.82) is 0 Å². The lowest BCUT2D eigenvalue weighted by molar-refractivity contribution is 0.669. The first-order valence-electron chi connectivity index (χ1n) is 43.6. The van der Waals surface area contributed by atoms with E-state index in [1.807, 2.05) is 36.4 Å². The summed E-state index contributed by atoms with van der Waals surface area (Å²) in [6, 6.07) is 146. The van der Waals surface area contributed by atoms with E-state index in [4.69, 9.17) is 20.1 Å². The molecule has 0 aliphatic heterocycles. The predicted molar refractivity (Wildman–Crippen MR) is 513 cm³/mol. The third-order valence-electron chi connectivity index (χ3n) is 24.3. The SMILES string of the molecule is [2H]c1c([2H])c([2H])c(-c2cccc3c2oc2cccc(-c4c5ccccc5c(-c5ccccc5)c5ccccc45)c23)c([2H])c1[2H].c1ccc(-c2c3ccccc3c(-c3ccc4oc5c(-c6ccc7ccccc7c6)cccc5c4c3)c3ccccc23)cc1.c1ccc(-c2c3ccccc3c(-c3ccc4oc5c(-c6ccccc6)cccc5c4c3)c3ccccc23)cc1. The van der Waals surface area contributed by atoms with E-state index in [0.717, 1.165) is 115 Å². The molecule has 0 N–H and O–H groups in total. The number of fused-ring (bicyclic) bond motifs is 16. The maximum absolute atomic E-state index is 8.62. The van der Waals surface area contributed by atoms with Gasteiger partial charge in [-0.05, 0) is 195 Å². The Morgan fingerprint density at radius 3 is 0.876 bits per heavy atom. The average molecular weight is 1540 g/mol. The van der Waals surface area contributed by atoms with Crippen LogP contribution in [0.25, 0.3) is 241 Å². The molecule has 3 aromatic heterocycles. The van der Waals surface area contributed by atoms with E-state index in [1.54, 1.807) is 6.07 Å². The Morgan fingerprint density at radius 2 is 0.455 bits per heavy atom. The van der Waals surface area contributed by atoms with Gasteiger partial charge in [-0.2, -0.15) is 0 Å². The number of hydrogen-bond acceptors (Lipinski definition) is 3. The van der Waals surface area contributed by atoms with Gasteiger partial charge in [-0.15, -0.1) is 0 Å². The van der Waals surface area contributed by atoms with Crippen molar-refractivity contribution in [1.82, 2.24) is 0 Å². The van der Waals surface area contributed by atoms with Crippen molar-refractivity contribution >= 4 is 141 Å². The third kappa shape index (κ3) is 12.0. The molecule has 0 aliphatic rings. The first kappa shape index (κ1) is 65.2. The second kappa shape index (κ2) is 29.7. The highest BCUT2D eigenvalue weighted by molar-refractivity contribution is 6.28. The molecule has 0 amide bonds. The Hall–Kier alpha value is -15.9. The molecule has 25 rings (SSSR count). The van der Waals surface area contributed by atoms with E-state index < -0.39 is 6.04 Å². The van der Waals surface area contributed by atoms with Crippen molar-refractivity contribution < 1.29 is 20.1 Å². The lowest BCUT2D eigenvalue weighted by Crippen LogP contribution is -1.91.